The molecule has 1 amide bonds. The molecule has 1 N–H and O–H groups in total. The van der Waals surface area contributed by atoms with Gasteiger partial charge in [0.25, 0.3) is 5.91 Å². The highest BCUT2D eigenvalue weighted by molar-refractivity contribution is 5.87. The first-order valence-electron chi connectivity index (χ1n) is 3.25. The Morgan fingerprint density at radius 2 is 2.50 bits per heavy atom. The van der Waals surface area contributed by atoms with E-state index in [9.17, 15) is 4.79 Å². The summed E-state index contributed by atoms with van der Waals surface area (Å²) < 4.78 is 0. The molecule has 0 saturated carbocycles. The van der Waals surface area contributed by atoms with Crippen LogP contribution in [0.1, 0.15) is 19.8 Å². The van der Waals surface area contributed by atoms with E-state index in [0.717, 1.165) is 12.8 Å². The van der Waals surface area contributed by atoms with Crippen LogP contribution in [0.4, 0.5) is 0 Å². The molecule has 0 aliphatic rings. The summed E-state index contributed by atoms with van der Waals surface area (Å²) in [6.07, 6.45) is 4.77. The monoisotopic (exact) mass is 140 g/mol. The predicted molar refractivity (Wildman–Crippen MR) is 41.7 cm³/mol. The van der Waals surface area contributed by atoms with E-state index in [-0.39, 0.29) is 5.91 Å². The summed E-state index contributed by atoms with van der Waals surface area (Å²) >= 11 is 0. The number of amides is 1. The van der Waals surface area contributed by atoms with Crippen molar-refractivity contribution in [2.45, 2.75) is 19.8 Å². The summed E-state index contributed by atoms with van der Waals surface area (Å²) in [5, 5.41) is 3.64. The highest BCUT2D eigenvalue weighted by Gasteiger charge is 1.84. The molecule has 0 atom stereocenters. The van der Waals surface area contributed by atoms with Crippen LogP contribution in [0, 0.1) is 0 Å². The first-order valence-corrected chi connectivity index (χ1v) is 3.25. The van der Waals surface area contributed by atoms with Gasteiger partial charge in [0.1, 0.15) is 0 Å². The maximum atomic E-state index is 10.4. The molecule has 56 valence electrons. The van der Waals surface area contributed by atoms with Crippen molar-refractivity contribution in [3.8, 4) is 0 Å². The molecule has 0 fully saturated rings. The number of hydrazone groups is 1. The van der Waals surface area contributed by atoms with Crippen LogP contribution < -0.4 is 5.43 Å². The number of hydrogen-bond acceptors (Lipinski definition) is 2. The van der Waals surface area contributed by atoms with Crippen molar-refractivity contribution in [3.63, 3.8) is 0 Å². The molecule has 0 aliphatic heterocycles. The van der Waals surface area contributed by atoms with E-state index >= 15 is 0 Å². The van der Waals surface area contributed by atoms with E-state index in [2.05, 4.69) is 17.1 Å². The number of carbonyl (C=O) groups is 1. The summed E-state index contributed by atoms with van der Waals surface area (Å²) in [7, 11) is 0. The molecule has 10 heavy (non-hydrogen) atoms. The highest BCUT2D eigenvalue weighted by Crippen LogP contribution is 1.78. The molecule has 0 aromatic heterocycles. The molecule has 0 saturated heterocycles. The van der Waals surface area contributed by atoms with Gasteiger partial charge in [-0.05, 0) is 12.5 Å². The zero-order chi connectivity index (χ0) is 7.82. The molecular weight excluding hydrogens is 128 g/mol. The van der Waals surface area contributed by atoms with Gasteiger partial charge in [0.2, 0.25) is 0 Å². The summed E-state index contributed by atoms with van der Waals surface area (Å²) in [6, 6.07) is 0. The number of rotatable bonds is 4. The largest absolute Gasteiger partial charge is 0.268 e. The van der Waals surface area contributed by atoms with Crippen molar-refractivity contribution in [3.05, 3.63) is 12.7 Å². The SMILES string of the molecule is C=CC(=O)N/N=C\CCC. The van der Waals surface area contributed by atoms with Gasteiger partial charge in [0.15, 0.2) is 0 Å². The quantitative estimate of drug-likeness (QED) is 0.354. The Bertz CT molecular complexity index is 141. The molecule has 0 spiro atoms. The summed E-state index contributed by atoms with van der Waals surface area (Å²) in [4.78, 5) is 10.4. The van der Waals surface area contributed by atoms with Gasteiger partial charge in [0, 0.05) is 6.21 Å². The second kappa shape index (κ2) is 6.01. The Labute approximate surface area is 60.8 Å². The molecule has 0 heterocycles. The van der Waals surface area contributed by atoms with Crippen LogP contribution in [-0.4, -0.2) is 12.1 Å². The number of nitrogens with one attached hydrogen (secondary N) is 1. The van der Waals surface area contributed by atoms with Gasteiger partial charge < -0.3 is 0 Å². The van der Waals surface area contributed by atoms with Gasteiger partial charge in [-0.1, -0.05) is 19.9 Å². The van der Waals surface area contributed by atoms with Crippen molar-refractivity contribution in [1.82, 2.24) is 5.43 Å². The zero-order valence-corrected chi connectivity index (χ0v) is 6.13. The van der Waals surface area contributed by atoms with E-state index in [1.807, 2.05) is 6.92 Å². The van der Waals surface area contributed by atoms with Gasteiger partial charge >= 0.3 is 0 Å². The van der Waals surface area contributed by atoms with E-state index in [4.69, 9.17) is 0 Å². The molecule has 0 bridgehead atoms. The molecule has 0 unspecified atom stereocenters. The number of unbranched alkanes of at least 4 members (excludes halogenated alkanes) is 1. The third-order valence-electron chi connectivity index (χ3n) is 0.869. The molecule has 0 aliphatic carbocycles. The van der Waals surface area contributed by atoms with Crippen molar-refractivity contribution in [2.75, 3.05) is 0 Å². The first kappa shape index (κ1) is 8.88. The van der Waals surface area contributed by atoms with Crippen LogP contribution >= 0.6 is 0 Å². The maximum absolute atomic E-state index is 10.4. The average Bonchev–Trinajstić information content (AvgIpc) is 1.98. The maximum Gasteiger partial charge on any atom is 0.263 e. The molecular formula is C7H12N2O. The Hall–Kier alpha value is -1.12. The smallest absolute Gasteiger partial charge is 0.263 e. The molecule has 0 aromatic carbocycles. The van der Waals surface area contributed by atoms with Gasteiger partial charge in [-0.2, -0.15) is 5.10 Å². The molecule has 3 heteroatoms. The third-order valence-corrected chi connectivity index (χ3v) is 0.869. The minimum Gasteiger partial charge on any atom is -0.268 e. The van der Waals surface area contributed by atoms with Crippen LogP contribution in [0.25, 0.3) is 0 Å². The van der Waals surface area contributed by atoms with Gasteiger partial charge in [-0.3, -0.25) is 4.79 Å². The average molecular weight is 140 g/mol. The van der Waals surface area contributed by atoms with Gasteiger partial charge in [-0.15, -0.1) is 0 Å². The van der Waals surface area contributed by atoms with E-state index < -0.39 is 0 Å². The van der Waals surface area contributed by atoms with Crippen LogP contribution in [-0.2, 0) is 4.79 Å². The van der Waals surface area contributed by atoms with Crippen molar-refractivity contribution in [1.29, 1.82) is 0 Å². The second-order valence-electron chi connectivity index (χ2n) is 1.78. The number of hydrogen-bond donors (Lipinski definition) is 1. The fourth-order valence-electron chi connectivity index (χ4n) is 0.349. The molecule has 0 aromatic rings. The van der Waals surface area contributed by atoms with Crippen LogP contribution in [0.2, 0.25) is 0 Å². The standard InChI is InChI=1S/C7H12N2O/c1-3-5-6-8-9-7(10)4-2/h4,6H,2-3,5H2,1H3,(H,9,10)/b8-6-. The zero-order valence-electron chi connectivity index (χ0n) is 6.13. The molecule has 0 rings (SSSR count). The van der Waals surface area contributed by atoms with E-state index in [0.29, 0.717) is 0 Å². The van der Waals surface area contributed by atoms with Crippen LogP contribution in [0.3, 0.4) is 0 Å². The van der Waals surface area contributed by atoms with Crippen molar-refractivity contribution >= 4 is 12.1 Å². The first-order chi connectivity index (χ1) is 4.81. The number of carbonyl (C=O) groups excluding carboxylic acids is 1. The fourth-order valence-corrected chi connectivity index (χ4v) is 0.349. The number of nitrogens with zero attached hydrogens (tertiary/aromatic N) is 1. The molecule has 3 nitrogen and oxygen atoms in total. The Morgan fingerprint density at radius 3 is 3.00 bits per heavy atom. The Balaban J connectivity index is 3.33. The lowest BCUT2D eigenvalue weighted by Gasteiger charge is -1.89. The van der Waals surface area contributed by atoms with Gasteiger partial charge in [-0.25, -0.2) is 5.43 Å². The minimum atomic E-state index is -0.271. The second-order valence-corrected chi connectivity index (χ2v) is 1.78. The van der Waals surface area contributed by atoms with E-state index in [1.165, 1.54) is 6.08 Å². The Kier molecular flexibility index (Phi) is 5.33. The lowest BCUT2D eigenvalue weighted by Crippen LogP contribution is -2.13. The summed E-state index contributed by atoms with van der Waals surface area (Å²) in [5.74, 6) is -0.271. The lowest BCUT2D eigenvalue weighted by atomic mass is 10.4. The predicted octanol–water partition coefficient (Wildman–Crippen LogP) is 1.07. The van der Waals surface area contributed by atoms with Crippen molar-refractivity contribution in [2.24, 2.45) is 5.10 Å². The minimum absolute atomic E-state index is 0.271. The molecule has 0 radical (unpaired) electrons. The van der Waals surface area contributed by atoms with Crippen molar-refractivity contribution < 1.29 is 4.79 Å². The normalized spacial score (nSPS) is 9.70. The summed E-state index contributed by atoms with van der Waals surface area (Å²) in [5.41, 5.74) is 2.28. The highest BCUT2D eigenvalue weighted by atomic mass is 16.2. The topological polar surface area (TPSA) is 41.5 Å². The van der Waals surface area contributed by atoms with E-state index in [1.54, 1.807) is 6.21 Å². The van der Waals surface area contributed by atoms with Gasteiger partial charge in [0.05, 0.1) is 0 Å². The third kappa shape index (κ3) is 5.03. The lowest BCUT2D eigenvalue weighted by molar-refractivity contribution is -0.116. The summed E-state index contributed by atoms with van der Waals surface area (Å²) in [6.45, 7) is 5.32. The van der Waals surface area contributed by atoms with Crippen LogP contribution in [0.5, 0.6) is 0 Å². The Morgan fingerprint density at radius 1 is 1.80 bits per heavy atom. The fraction of sp³-hybridized carbons (Fsp3) is 0.429. The van der Waals surface area contributed by atoms with Crippen LogP contribution in [0.15, 0.2) is 17.8 Å².